The Hall–Kier alpha value is -2.58. The fourth-order valence-electron chi connectivity index (χ4n) is 2.02. The number of aryl methyl sites for hydroxylation is 1. The van der Waals surface area contributed by atoms with Crippen LogP contribution in [0.15, 0.2) is 42.5 Å². The van der Waals surface area contributed by atoms with Crippen LogP contribution in [0.5, 0.6) is 0 Å². The van der Waals surface area contributed by atoms with Crippen LogP contribution in [-0.2, 0) is 0 Å². The van der Waals surface area contributed by atoms with Crippen LogP contribution in [0.2, 0.25) is 0 Å². The van der Waals surface area contributed by atoms with E-state index in [0.717, 1.165) is 27.5 Å². The number of hydrogen-bond acceptors (Lipinski definition) is 6. The summed E-state index contributed by atoms with van der Waals surface area (Å²) >= 11 is 2.21. The van der Waals surface area contributed by atoms with Gasteiger partial charge in [0.1, 0.15) is 0 Å². The van der Waals surface area contributed by atoms with E-state index in [1.54, 1.807) is 0 Å². The summed E-state index contributed by atoms with van der Waals surface area (Å²) in [5.41, 5.74) is 1.80. The summed E-state index contributed by atoms with van der Waals surface area (Å²) in [6, 6.07) is 12.5. The fraction of sp³-hybridized carbons (Fsp3) is 0.0667. The molecule has 3 rings (SSSR count). The lowest BCUT2D eigenvalue weighted by Gasteiger charge is -1.98. The van der Waals surface area contributed by atoms with E-state index in [1.165, 1.54) is 23.5 Å². The van der Waals surface area contributed by atoms with Gasteiger partial charge in [0, 0.05) is 16.5 Å². The minimum Gasteiger partial charge on any atom is -0.297 e. The predicted molar refractivity (Wildman–Crippen MR) is 91.2 cm³/mol. The summed E-state index contributed by atoms with van der Waals surface area (Å²) in [7, 11) is 0. The number of aromatic nitrogens is 1. The summed E-state index contributed by atoms with van der Waals surface area (Å²) in [6.45, 7) is 1.94. The molecule has 0 spiro atoms. The van der Waals surface area contributed by atoms with E-state index in [9.17, 15) is 14.9 Å². The first kappa shape index (κ1) is 15.3. The summed E-state index contributed by atoms with van der Waals surface area (Å²) in [5, 5.41) is 13.8. The number of thiazole rings is 1. The second kappa shape index (κ2) is 6.27. The summed E-state index contributed by atoms with van der Waals surface area (Å²) < 4.78 is 0. The highest BCUT2D eigenvalue weighted by molar-refractivity contribution is 7.18. The average Bonchev–Trinajstić information content (AvgIpc) is 3.15. The molecule has 0 saturated heterocycles. The van der Waals surface area contributed by atoms with Crippen LogP contribution in [0.4, 0.5) is 10.1 Å². The third-order valence-electron chi connectivity index (χ3n) is 3.06. The van der Waals surface area contributed by atoms with Crippen LogP contribution in [-0.4, -0.2) is 15.8 Å². The summed E-state index contributed by atoms with van der Waals surface area (Å²) in [5.74, 6) is -0.392. The number of carbonyl (C=O) groups excluding carboxylic acids is 1. The van der Waals surface area contributed by atoms with Gasteiger partial charge >= 0.3 is 5.00 Å². The van der Waals surface area contributed by atoms with Crippen LogP contribution in [0.3, 0.4) is 0 Å². The quantitative estimate of drug-likeness (QED) is 0.563. The van der Waals surface area contributed by atoms with Crippen molar-refractivity contribution in [2.45, 2.75) is 6.92 Å². The Morgan fingerprint density at radius 3 is 2.57 bits per heavy atom. The van der Waals surface area contributed by atoms with Crippen molar-refractivity contribution in [3.63, 3.8) is 0 Å². The molecule has 0 aliphatic heterocycles. The first-order valence-corrected chi connectivity index (χ1v) is 8.26. The molecule has 0 saturated carbocycles. The molecule has 3 aromatic rings. The molecule has 23 heavy (non-hydrogen) atoms. The normalized spacial score (nSPS) is 10.5. The van der Waals surface area contributed by atoms with Gasteiger partial charge in [-0.05, 0) is 13.0 Å². The summed E-state index contributed by atoms with van der Waals surface area (Å²) in [6.07, 6.45) is 0. The van der Waals surface area contributed by atoms with Crippen molar-refractivity contribution in [2.75, 3.05) is 5.32 Å². The van der Waals surface area contributed by atoms with Crippen LogP contribution in [0, 0.1) is 17.0 Å². The van der Waals surface area contributed by atoms with Gasteiger partial charge < -0.3 is 0 Å². The Morgan fingerprint density at radius 1 is 1.17 bits per heavy atom. The van der Waals surface area contributed by atoms with Gasteiger partial charge in [0.2, 0.25) is 0 Å². The van der Waals surface area contributed by atoms with E-state index in [2.05, 4.69) is 10.3 Å². The average molecular weight is 345 g/mol. The maximum absolute atomic E-state index is 12.2. The van der Waals surface area contributed by atoms with Crippen LogP contribution < -0.4 is 5.32 Å². The zero-order valence-electron chi connectivity index (χ0n) is 12.0. The number of nitrogens with one attached hydrogen (secondary N) is 1. The van der Waals surface area contributed by atoms with Crippen molar-refractivity contribution in [1.82, 2.24) is 4.98 Å². The van der Waals surface area contributed by atoms with Crippen LogP contribution in [0.25, 0.3) is 11.3 Å². The monoisotopic (exact) mass is 345 g/mol. The van der Waals surface area contributed by atoms with Crippen LogP contribution >= 0.6 is 22.7 Å². The molecule has 0 aliphatic carbocycles. The molecule has 0 unspecified atom stereocenters. The number of thiophene rings is 1. The van der Waals surface area contributed by atoms with E-state index < -0.39 is 10.8 Å². The lowest BCUT2D eigenvalue weighted by atomic mass is 10.1. The van der Waals surface area contributed by atoms with Gasteiger partial charge in [-0.15, -0.1) is 11.3 Å². The maximum atomic E-state index is 12.2. The molecule has 0 bridgehead atoms. The minimum atomic E-state index is -0.511. The third kappa shape index (κ3) is 3.27. The molecular formula is C15H11N3O3S2. The molecule has 0 aliphatic rings. The SMILES string of the molecule is Cc1sc(NC(=O)c2ccc([N+](=O)[O-])s2)nc1-c1ccccc1. The second-order valence-corrected chi connectivity index (χ2v) is 6.90. The van der Waals surface area contributed by atoms with Gasteiger partial charge in [-0.25, -0.2) is 4.98 Å². The highest BCUT2D eigenvalue weighted by Gasteiger charge is 2.17. The van der Waals surface area contributed by atoms with Crippen molar-refractivity contribution in [3.05, 3.63) is 62.3 Å². The maximum Gasteiger partial charge on any atom is 0.324 e. The number of rotatable bonds is 4. The molecule has 6 nitrogen and oxygen atoms in total. The van der Waals surface area contributed by atoms with Gasteiger partial charge in [0.25, 0.3) is 5.91 Å². The van der Waals surface area contributed by atoms with Gasteiger partial charge in [-0.2, -0.15) is 0 Å². The van der Waals surface area contributed by atoms with E-state index in [-0.39, 0.29) is 9.88 Å². The van der Waals surface area contributed by atoms with Gasteiger partial charge in [-0.3, -0.25) is 20.2 Å². The van der Waals surface area contributed by atoms with Gasteiger partial charge in [0.15, 0.2) is 5.13 Å². The number of benzene rings is 1. The first-order valence-electron chi connectivity index (χ1n) is 6.63. The molecule has 116 valence electrons. The number of hydrogen-bond donors (Lipinski definition) is 1. The van der Waals surface area contributed by atoms with Gasteiger partial charge in [0.05, 0.1) is 15.5 Å². The van der Waals surface area contributed by atoms with E-state index in [0.29, 0.717) is 5.13 Å². The largest absolute Gasteiger partial charge is 0.324 e. The number of amides is 1. The molecular weight excluding hydrogens is 334 g/mol. The zero-order valence-corrected chi connectivity index (χ0v) is 13.6. The Balaban J connectivity index is 1.80. The van der Waals surface area contributed by atoms with E-state index >= 15 is 0 Å². The molecule has 2 heterocycles. The van der Waals surface area contributed by atoms with Crippen molar-refractivity contribution in [1.29, 1.82) is 0 Å². The smallest absolute Gasteiger partial charge is 0.297 e. The lowest BCUT2D eigenvalue weighted by Crippen LogP contribution is -2.09. The van der Waals surface area contributed by atoms with E-state index in [1.807, 2.05) is 37.3 Å². The Labute approximate surface area is 139 Å². The topological polar surface area (TPSA) is 85.1 Å². The predicted octanol–water partition coefficient (Wildman–Crippen LogP) is 4.34. The standard InChI is InChI=1S/C15H11N3O3S2/c1-9-13(10-5-3-2-4-6-10)16-15(22-9)17-14(19)11-7-8-12(23-11)18(20)21/h2-8H,1H3,(H,16,17,19). The first-order chi connectivity index (χ1) is 11.0. The molecule has 0 fully saturated rings. The Kier molecular flexibility index (Phi) is 4.18. The molecule has 0 atom stereocenters. The van der Waals surface area contributed by atoms with Crippen molar-refractivity contribution < 1.29 is 9.72 Å². The number of nitrogens with zero attached hydrogens (tertiary/aromatic N) is 2. The lowest BCUT2D eigenvalue weighted by molar-refractivity contribution is -0.380. The van der Waals surface area contributed by atoms with Crippen molar-refractivity contribution >= 4 is 38.7 Å². The number of anilines is 1. The molecule has 8 heteroatoms. The highest BCUT2D eigenvalue weighted by Crippen LogP contribution is 2.31. The van der Waals surface area contributed by atoms with Crippen molar-refractivity contribution in [2.24, 2.45) is 0 Å². The Bertz CT molecular complexity index is 871. The molecule has 1 N–H and O–H groups in total. The zero-order chi connectivity index (χ0) is 16.4. The minimum absolute atomic E-state index is 0.0598. The second-order valence-electron chi connectivity index (χ2n) is 4.64. The Morgan fingerprint density at radius 2 is 1.91 bits per heavy atom. The summed E-state index contributed by atoms with van der Waals surface area (Å²) in [4.78, 5) is 28.0. The molecule has 2 aromatic heterocycles. The number of carbonyl (C=O) groups is 1. The fourth-order valence-corrected chi connectivity index (χ4v) is 3.57. The van der Waals surface area contributed by atoms with Crippen molar-refractivity contribution in [3.8, 4) is 11.3 Å². The van der Waals surface area contributed by atoms with Crippen LogP contribution in [0.1, 0.15) is 14.5 Å². The highest BCUT2D eigenvalue weighted by atomic mass is 32.1. The molecule has 0 radical (unpaired) electrons. The molecule has 1 aromatic carbocycles. The number of nitro groups is 1. The van der Waals surface area contributed by atoms with E-state index in [4.69, 9.17) is 0 Å². The molecule has 1 amide bonds. The van der Waals surface area contributed by atoms with Gasteiger partial charge in [-0.1, -0.05) is 41.7 Å². The third-order valence-corrected chi connectivity index (χ3v) is 4.98.